The van der Waals surface area contributed by atoms with Gasteiger partial charge in [0.05, 0.1) is 11.9 Å². The minimum absolute atomic E-state index is 0.257. The zero-order valence-corrected chi connectivity index (χ0v) is 12.6. The molecule has 7 heteroatoms. The number of hydrogen-bond acceptors (Lipinski definition) is 3. The molecule has 1 aromatic carbocycles. The maximum absolute atomic E-state index is 12.9. The first-order valence-corrected chi connectivity index (χ1v) is 8.15. The number of carbonyl (C=O) groups excluding carboxylic acids is 1. The second-order valence-electron chi connectivity index (χ2n) is 4.50. The predicted molar refractivity (Wildman–Crippen MR) is 76.5 cm³/mol. The zero-order chi connectivity index (χ0) is 15.3. The highest BCUT2D eigenvalue weighted by atomic mass is 32.2. The lowest BCUT2D eigenvalue weighted by Gasteiger charge is -2.28. The maximum atomic E-state index is 12.9. The fraction of sp³-hybridized carbons (Fsp3) is 0.462. The molecule has 0 aliphatic carbocycles. The molecule has 0 radical (unpaired) electrons. The van der Waals surface area contributed by atoms with Crippen LogP contribution < -0.4 is 9.62 Å². The van der Waals surface area contributed by atoms with Crippen molar-refractivity contribution < 1.29 is 17.6 Å². The third-order valence-electron chi connectivity index (χ3n) is 2.72. The molecule has 1 unspecified atom stereocenters. The van der Waals surface area contributed by atoms with Gasteiger partial charge < -0.3 is 5.32 Å². The minimum atomic E-state index is -3.65. The lowest BCUT2D eigenvalue weighted by atomic mass is 10.2. The Morgan fingerprint density at radius 3 is 2.35 bits per heavy atom. The van der Waals surface area contributed by atoms with Crippen LogP contribution in [0.2, 0.25) is 0 Å². The van der Waals surface area contributed by atoms with Crippen LogP contribution in [0.15, 0.2) is 24.3 Å². The van der Waals surface area contributed by atoms with E-state index in [1.165, 1.54) is 19.1 Å². The minimum Gasteiger partial charge on any atom is -0.354 e. The van der Waals surface area contributed by atoms with Gasteiger partial charge in [0, 0.05) is 6.54 Å². The van der Waals surface area contributed by atoms with Crippen LogP contribution in [0.5, 0.6) is 0 Å². The molecule has 1 N–H and O–H groups in total. The molecule has 1 rings (SSSR count). The number of halogens is 1. The molecule has 0 aliphatic rings. The summed E-state index contributed by atoms with van der Waals surface area (Å²) in [6.07, 6.45) is 1.77. The van der Waals surface area contributed by atoms with E-state index in [9.17, 15) is 17.6 Å². The number of carbonyl (C=O) groups is 1. The molecular weight excluding hydrogens is 283 g/mol. The molecule has 0 heterocycles. The molecule has 0 saturated carbocycles. The summed E-state index contributed by atoms with van der Waals surface area (Å²) in [4.78, 5) is 11.9. The number of nitrogens with zero attached hydrogens (tertiary/aromatic N) is 1. The van der Waals surface area contributed by atoms with Crippen LogP contribution in [0.3, 0.4) is 0 Å². The summed E-state index contributed by atoms with van der Waals surface area (Å²) in [6, 6.07) is 4.08. The van der Waals surface area contributed by atoms with Gasteiger partial charge in [-0.2, -0.15) is 0 Å². The van der Waals surface area contributed by atoms with E-state index in [0.29, 0.717) is 6.54 Å². The van der Waals surface area contributed by atoms with Crippen molar-refractivity contribution >= 4 is 21.6 Å². The van der Waals surface area contributed by atoms with Gasteiger partial charge in [0.2, 0.25) is 15.9 Å². The number of benzene rings is 1. The van der Waals surface area contributed by atoms with Gasteiger partial charge in [-0.25, -0.2) is 12.8 Å². The van der Waals surface area contributed by atoms with Crippen LogP contribution in [0.1, 0.15) is 20.3 Å². The van der Waals surface area contributed by atoms with E-state index in [2.05, 4.69) is 5.32 Å². The normalized spacial score (nSPS) is 12.8. The summed E-state index contributed by atoms with van der Waals surface area (Å²) in [5.41, 5.74) is 0.257. The Bertz CT molecular complexity index is 557. The molecule has 5 nitrogen and oxygen atoms in total. The molecule has 112 valence electrons. The van der Waals surface area contributed by atoms with Crippen molar-refractivity contribution in [2.75, 3.05) is 17.1 Å². The van der Waals surface area contributed by atoms with Crippen LogP contribution in [-0.4, -0.2) is 33.2 Å². The van der Waals surface area contributed by atoms with Crippen molar-refractivity contribution in [1.29, 1.82) is 0 Å². The van der Waals surface area contributed by atoms with E-state index in [4.69, 9.17) is 0 Å². The Balaban J connectivity index is 3.08. The third-order valence-corrected chi connectivity index (χ3v) is 3.96. The molecule has 1 atom stereocenters. The highest BCUT2D eigenvalue weighted by Gasteiger charge is 2.28. The molecule has 0 spiro atoms. The van der Waals surface area contributed by atoms with Gasteiger partial charge >= 0.3 is 0 Å². The number of nitrogens with one attached hydrogen (secondary N) is 1. The Morgan fingerprint density at radius 1 is 1.35 bits per heavy atom. The lowest BCUT2D eigenvalue weighted by molar-refractivity contribution is -0.121. The van der Waals surface area contributed by atoms with Crippen molar-refractivity contribution in [2.45, 2.75) is 26.3 Å². The van der Waals surface area contributed by atoms with Crippen LogP contribution in [0.25, 0.3) is 0 Å². The van der Waals surface area contributed by atoms with E-state index in [1.807, 2.05) is 6.92 Å². The summed E-state index contributed by atoms with van der Waals surface area (Å²) < 4.78 is 37.7. The molecular formula is C13H19FN2O3S. The fourth-order valence-corrected chi connectivity index (χ4v) is 2.97. The van der Waals surface area contributed by atoms with E-state index in [-0.39, 0.29) is 11.6 Å². The second kappa shape index (κ2) is 6.69. The number of sulfonamides is 1. The van der Waals surface area contributed by atoms with Crippen molar-refractivity contribution in [3.8, 4) is 0 Å². The van der Waals surface area contributed by atoms with Gasteiger partial charge in [-0.05, 0) is 37.6 Å². The Kier molecular flexibility index (Phi) is 5.50. The molecule has 1 amide bonds. The fourth-order valence-electron chi connectivity index (χ4n) is 1.79. The number of anilines is 1. The predicted octanol–water partition coefficient (Wildman–Crippen LogP) is 1.51. The first kappa shape index (κ1) is 16.4. The van der Waals surface area contributed by atoms with E-state index >= 15 is 0 Å². The average molecular weight is 302 g/mol. The average Bonchev–Trinajstić information content (AvgIpc) is 2.36. The molecule has 0 fully saturated rings. The van der Waals surface area contributed by atoms with E-state index in [0.717, 1.165) is 29.1 Å². The summed E-state index contributed by atoms with van der Waals surface area (Å²) in [5, 5.41) is 2.65. The van der Waals surface area contributed by atoms with Crippen molar-refractivity contribution in [3.05, 3.63) is 30.1 Å². The SMILES string of the molecule is CCCNC(=O)C(C)N(c1ccc(F)cc1)S(C)(=O)=O. The summed E-state index contributed by atoms with van der Waals surface area (Å²) in [5.74, 6) is -0.855. The maximum Gasteiger partial charge on any atom is 0.243 e. The quantitative estimate of drug-likeness (QED) is 0.866. The van der Waals surface area contributed by atoms with Crippen molar-refractivity contribution in [3.63, 3.8) is 0 Å². The van der Waals surface area contributed by atoms with E-state index in [1.54, 1.807) is 0 Å². The second-order valence-corrected chi connectivity index (χ2v) is 6.36. The first-order valence-electron chi connectivity index (χ1n) is 6.30. The monoisotopic (exact) mass is 302 g/mol. The molecule has 20 heavy (non-hydrogen) atoms. The van der Waals surface area contributed by atoms with Gasteiger partial charge in [0.25, 0.3) is 0 Å². The molecule has 0 saturated heterocycles. The summed E-state index contributed by atoms with van der Waals surface area (Å²) >= 11 is 0. The summed E-state index contributed by atoms with van der Waals surface area (Å²) in [7, 11) is -3.65. The lowest BCUT2D eigenvalue weighted by Crippen LogP contribution is -2.48. The Labute approximate surface area is 118 Å². The molecule has 0 aliphatic heterocycles. The smallest absolute Gasteiger partial charge is 0.243 e. The molecule has 0 bridgehead atoms. The molecule has 1 aromatic rings. The first-order chi connectivity index (χ1) is 9.27. The number of amides is 1. The van der Waals surface area contributed by atoms with Crippen LogP contribution >= 0.6 is 0 Å². The van der Waals surface area contributed by atoms with Gasteiger partial charge in [-0.3, -0.25) is 9.10 Å². The largest absolute Gasteiger partial charge is 0.354 e. The van der Waals surface area contributed by atoms with Crippen molar-refractivity contribution in [1.82, 2.24) is 5.32 Å². The Morgan fingerprint density at radius 2 is 1.90 bits per heavy atom. The Hall–Kier alpha value is -1.63. The molecule has 0 aromatic heterocycles. The van der Waals surface area contributed by atoms with Crippen LogP contribution in [-0.2, 0) is 14.8 Å². The highest BCUT2D eigenvalue weighted by molar-refractivity contribution is 7.92. The standard InChI is InChI=1S/C13H19FN2O3S/c1-4-9-15-13(17)10(2)16(20(3,18)19)12-7-5-11(14)6-8-12/h5-8,10H,4,9H2,1-3H3,(H,15,17). The highest BCUT2D eigenvalue weighted by Crippen LogP contribution is 2.21. The number of rotatable bonds is 6. The van der Waals surface area contributed by atoms with Gasteiger partial charge in [0.1, 0.15) is 11.9 Å². The van der Waals surface area contributed by atoms with Crippen LogP contribution in [0, 0.1) is 5.82 Å². The van der Waals surface area contributed by atoms with Gasteiger partial charge in [0.15, 0.2) is 0 Å². The van der Waals surface area contributed by atoms with Crippen LogP contribution in [0.4, 0.5) is 10.1 Å². The third kappa shape index (κ3) is 4.19. The summed E-state index contributed by atoms with van der Waals surface area (Å²) in [6.45, 7) is 3.87. The zero-order valence-electron chi connectivity index (χ0n) is 11.8. The van der Waals surface area contributed by atoms with Gasteiger partial charge in [-0.15, -0.1) is 0 Å². The van der Waals surface area contributed by atoms with Gasteiger partial charge in [-0.1, -0.05) is 6.92 Å². The topological polar surface area (TPSA) is 66.5 Å². The number of hydrogen-bond donors (Lipinski definition) is 1. The van der Waals surface area contributed by atoms with Crippen molar-refractivity contribution in [2.24, 2.45) is 0 Å². The van der Waals surface area contributed by atoms with E-state index < -0.39 is 21.9 Å².